The summed E-state index contributed by atoms with van der Waals surface area (Å²) in [6.45, 7) is 3.69. The first kappa shape index (κ1) is 12.2. The average Bonchev–Trinajstić information content (AvgIpc) is 2.79. The average molecular weight is 263 g/mol. The van der Waals surface area contributed by atoms with Crippen molar-refractivity contribution in [2.45, 2.75) is 18.9 Å². The molecule has 1 saturated carbocycles. The van der Waals surface area contributed by atoms with Crippen molar-refractivity contribution in [3.8, 4) is 0 Å². The summed E-state index contributed by atoms with van der Waals surface area (Å²) in [5.41, 5.74) is 3.00. The molecule has 2 aromatic carbocycles. The molecule has 4 rings (SSSR count). The molecule has 0 radical (unpaired) electrons. The zero-order chi connectivity index (χ0) is 13.4. The Morgan fingerprint density at radius 3 is 2.30 bits per heavy atom. The van der Waals surface area contributed by atoms with Crippen LogP contribution in [0.3, 0.4) is 0 Å². The maximum Gasteiger partial charge on any atom is 0.0233 e. The topological polar surface area (TPSA) is 3.24 Å². The van der Waals surface area contributed by atoms with Gasteiger partial charge in [0.05, 0.1) is 0 Å². The highest BCUT2D eigenvalue weighted by Gasteiger charge is 2.47. The van der Waals surface area contributed by atoms with Crippen LogP contribution in [-0.4, -0.2) is 18.0 Å². The molecule has 0 amide bonds. The van der Waals surface area contributed by atoms with E-state index in [0.717, 1.165) is 24.3 Å². The van der Waals surface area contributed by atoms with Crippen LogP contribution in [0.4, 0.5) is 0 Å². The van der Waals surface area contributed by atoms with Crippen molar-refractivity contribution in [3.63, 3.8) is 0 Å². The van der Waals surface area contributed by atoms with E-state index in [-0.39, 0.29) is 0 Å². The van der Waals surface area contributed by atoms with Crippen LogP contribution in [0.5, 0.6) is 0 Å². The van der Waals surface area contributed by atoms with Gasteiger partial charge in [-0.25, -0.2) is 0 Å². The molecule has 20 heavy (non-hydrogen) atoms. The van der Waals surface area contributed by atoms with Gasteiger partial charge in [-0.3, -0.25) is 4.90 Å². The normalized spacial score (nSPS) is 28.9. The Morgan fingerprint density at radius 1 is 0.850 bits per heavy atom. The van der Waals surface area contributed by atoms with Gasteiger partial charge in [0, 0.05) is 19.6 Å². The first-order valence-electron chi connectivity index (χ1n) is 7.71. The highest BCUT2D eigenvalue weighted by Crippen LogP contribution is 2.51. The van der Waals surface area contributed by atoms with E-state index in [0.29, 0.717) is 0 Å². The molecule has 0 spiro atoms. The molecule has 1 nitrogen and oxygen atoms in total. The fourth-order valence-electron chi connectivity index (χ4n) is 4.05. The number of rotatable bonds is 3. The second-order valence-electron chi connectivity index (χ2n) is 6.36. The van der Waals surface area contributed by atoms with Gasteiger partial charge in [0.15, 0.2) is 0 Å². The summed E-state index contributed by atoms with van der Waals surface area (Å²) in [5, 5.41) is 0. The Bertz CT molecular complexity index is 563. The standard InChI is InChI=1S/C19H21N/c1-3-7-15(8-4-1)12-20-13-17-11-18(19(17)14-20)16-9-5-2-6-10-16/h1-10,17-19H,11-14H2. The molecule has 0 N–H and O–H groups in total. The molecular formula is C19H21N. The molecule has 3 unspecified atom stereocenters. The first-order valence-corrected chi connectivity index (χ1v) is 7.71. The van der Waals surface area contributed by atoms with Crippen LogP contribution >= 0.6 is 0 Å². The minimum absolute atomic E-state index is 0.807. The predicted octanol–water partition coefficient (Wildman–Crippen LogP) is 3.92. The minimum Gasteiger partial charge on any atom is -0.298 e. The zero-order valence-electron chi connectivity index (χ0n) is 11.8. The van der Waals surface area contributed by atoms with Gasteiger partial charge in [-0.1, -0.05) is 60.7 Å². The maximum absolute atomic E-state index is 2.65. The first-order chi connectivity index (χ1) is 9.90. The SMILES string of the molecule is c1ccc(CN2CC3CC(c4ccccc4)C3C2)cc1. The van der Waals surface area contributed by atoms with Crippen LogP contribution in [0.15, 0.2) is 60.7 Å². The minimum atomic E-state index is 0.807. The Morgan fingerprint density at radius 2 is 1.55 bits per heavy atom. The van der Waals surface area contributed by atoms with Crippen molar-refractivity contribution < 1.29 is 0 Å². The van der Waals surface area contributed by atoms with Crippen LogP contribution in [-0.2, 0) is 6.54 Å². The van der Waals surface area contributed by atoms with Crippen molar-refractivity contribution in [1.82, 2.24) is 4.90 Å². The van der Waals surface area contributed by atoms with Gasteiger partial charge in [-0.15, -0.1) is 0 Å². The molecular weight excluding hydrogens is 242 g/mol. The van der Waals surface area contributed by atoms with Crippen LogP contribution in [0.1, 0.15) is 23.5 Å². The fraction of sp³-hybridized carbons (Fsp3) is 0.368. The van der Waals surface area contributed by atoms with E-state index in [1.165, 1.54) is 25.1 Å². The maximum atomic E-state index is 2.65. The van der Waals surface area contributed by atoms with Crippen molar-refractivity contribution in [3.05, 3.63) is 71.8 Å². The monoisotopic (exact) mass is 263 g/mol. The number of nitrogens with zero attached hydrogens (tertiary/aromatic N) is 1. The van der Waals surface area contributed by atoms with E-state index in [2.05, 4.69) is 65.6 Å². The Labute approximate surface area is 121 Å². The van der Waals surface area contributed by atoms with Crippen molar-refractivity contribution in [2.75, 3.05) is 13.1 Å². The number of fused-ring (bicyclic) bond motifs is 1. The summed E-state index contributed by atoms with van der Waals surface area (Å²) in [6.07, 6.45) is 1.39. The highest BCUT2D eigenvalue weighted by molar-refractivity contribution is 5.25. The number of hydrogen-bond donors (Lipinski definition) is 0. The summed E-state index contributed by atoms with van der Waals surface area (Å²) in [4.78, 5) is 2.65. The Hall–Kier alpha value is -1.60. The largest absolute Gasteiger partial charge is 0.298 e. The molecule has 2 aliphatic rings. The molecule has 0 aromatic heterocycles. The van der Waals surface area contributed by atoms with Gasteiger partial charge in [-0.05, 0) is 35.3 Å². The number of hydrogen-bond acceptors (Lipinski definition) is 1. The van der Waals surface area contributed by atoms with E-state index in [1.54, 1.807) is 5.56 Å². The van der Waals surface area contributed by atoms with Gasteiger partial charge in [0.1, 0.15) is 0 Å². The van der Waals surface area contributed by atoms with Crippen LogP contribution in [0.2, 0.25) is 0 Å². The molecule has 1 aliphatic carbocycles. The van der Waals surface area contributed by atoms with E-state index in [4.69, 9.17) is 0 Å². The summed E-state index contributed by atoms with van der Waals surface area (Å²) in [6, 6.07) is 22.0. The molecule has 102 valence electrons. The third kappa shape index (κ3) is 2.16. The van der Waals surface area contributed by atoms with E-state index >= 15 is 0 Å². The predicted molar refractivity (Wildman–Crippen MR) is 82.5 cm³/mol. The lowest BCUT2D eigenvalue weighted by Gasteiger charge is -2.40. The quantitative estimate of drug-likeness (QED) is 0.811. The third-order valence-corrected chi connectivity index (χ3v) is 5.12. The molecule has 3 atom stereocenters. The zero-order valence-corrected chi connectivity index (χ0v) is 11.8. The lowest BCUT2D eigenvalue weighted by Crippen LogP contribution is -2.33. The molecule has 2 fully saturated rings. The molecule has 1 saturated heterocycles. The van der Waals surface area contributed by atoms with Gasteiger partial charge in [0.25, 0.3) is 0 Å². The highest BCUT2D eigenvalue weighted by atomic mass is 15.2. The van der Waals surface area contributed by atoms with Crippen molar-refractivity contribution in [2.24, 2.45) is 11.8 Å². The van der Waals surface area contributed by atoms with Gasteiger partial charge in [-0.2, -0.15) is 0 Å². The van der Waals surface area contributed by atoms with Crippen LogP contribution in [0.25, 0.3) is 0 Å². The molecule has 1 heteroatoms. The van der Waals surface area contributed by atoms with Crippen LogP contribution < -0.4 is 0 Å². The third-order valence-electron chi connectivity index (χ3n) is 5.12. The smallest absolute Gasteiger partial charge is 0.0233 e. The lowest BCUT2D eigenvalue weighted by molar-refractivity contribution is 0.191. The Balaban J connectivity index is 1.42. The fourth-order valence-corrected chi connectivity index (χ4v) is 4.05. The van der Waals surface area contributed by atoms with Gasteiger partial charge < -0.3 is 0 Å². The van der Waals surface area contributed by atoms with Crippen molar-refractivity contribution in [1.29, 1.82) is 0 Å². The number of likely N-dealkylation sites (tertiary alicyclic amines) is 1. The summed E-state index contributed by atoms with van der Waals surface area (Å²) < 4.78 is 0. The summed E-state index contributed by atoms with van der Waals surface area (Å²) in [7, 11) is 0. The van der Waals surface area contributed by atoms with Gasteiger partial charge in [0.2, 0.25) is 0 Å². The van der Waals surface area contributed by atoms with Crippen LogP contribution in [0, 0.1) is 11.8 Å². The summed E-state index contributed by atoms with van der Waals surface area (Å²) in [5.74, 6) is 2.63. The lowest BCUT2D eigenvalue weighted by atomic mass is 9.64. The second-order valence-corrected chi connectivity index (χ2v) is 6.36. The summed E-state index contributed by atoms with van der Waals surface area (Å²) >= 11 is 0. The molecule has 1 heterocycles. The molecule has 1 aliphatic heterocycles. The Kier molecular flexibility index (Phi) is 3.08. The van der Waals surface area contributed by atoms with E-state index in [9.17, 15) is 0 Å². The van der Waals surface area contributed by atoms with E-state index < -0.39 is 0 Å². The van der Waals surface area contributed by atoms with E-state index in [1.807, 2.05) is 0 Å². The molecule has 2 aromatic rings. The second kappa shape index (κ2) is 5.06. The van der Waals surface area contributed by atoms with Crippen molar-refractivity contribution >= 4 is 0 Å². The molecule has 0 bridgehead atoms. The van der Waals surface area contributed by atoms with Gasteiger partial charge >= 0.3 is 0 Å². The number of benzene rings is 2.